The van der Waals surface area contributed by atoms with E-state index < -0.39 is 0 Å². The Labute approximate surface area is 124 Å². The van der Waals surface area contributed by atoms with Crippen molar-refractivity contribution < 1.29 is 19.1 Å². The zero-order valence-electron chi connectivity index (χ0n) is 12.5. The number of morpholine rings is 1. The van der Waals surface area contributed by atoms with Gasteiger partial charge in [-0.2, -0.15) is 0 Å². The molecular formula is C14H23N3O4. The maximum absolute atomic E-state index is 12.5. The number of amides is 3. The molecule has 1 unspecified atom stereocenters. The Bertz CT molecular complexity index is 407. The van der Waals surface area contributed by atoms with Gasteiger partial charge in [0.2, 0.25) is 17.7 Å². The molecule has 2 rings (SSSR count). The van der Waals surface area contributed by atoms with Crippen LogP contribution in [0.25, 0.3) is 0 Å². The predicted octanol–water partition coefficient (Wildman–Crippen LogP) is -0.638. The molecule has 7 heteroatoms. The summed E-state index contributed by atoms with van der Waals surface area (Å²) in [4.78, 5) is 39.0. The third-order valence-corrected chi connectivity index (χ3v) is 3.89. The van der Waals surface area contributed by atoms with Gasteiger partial charge < -0.3 is 19.9 Å². The molecule has 21 heavy (non-hydrogen) atoms. The first-order valence-corrected chi connectivity index (χ1v) is 7.50. The summed E-state index contributed by atoms with van der Waals surface area (Å²) in [5.74, 6) is -0.179. The summed E-state index contributed by atoms with van der Waals surface area (Å²) in [7, 11) is 0. The van der Waals surface area contributed by atoms with Crippen molar-refractivity contribution in [2.45, 2.75) is 32.2 Å². The number of ether oxygens (including phenoxy) is 1. The van der Waals surface area contributed by atoms with Gasteiger partial charge in [0.25, 0.3) is 0 Å². The van der Waals surface area contributed by atoms with Gasteiger partial charge in [-0.1, -0.05) is 0 Å². The van der Waals surface area contributed by atoms with Crippen molar-refractivity contribution in [3.63, 3.8) is 0 Å². The topological polar surface area (TPSA) is 79.0 Å². The van der Waals surface area contributed by atoms with Crippen molar-refractivity contribution in [1.29, 1.82) is 0 Å². The number of nitrogens with zero attached hydrogens (tertiary/aromatic N) is 2. The zero-order valence-corrected chi connectivity index (χ0v) is 12.5. The monoisotopic (exact) mass is 297 g/mol. The van der Waals surface area contributed by atoms with Crippen molar-refractivity contribution in [2.24, 2.45) is 0 Å². The van der Waals surface area contributed by atoms with Crippen LogP contribution in [0.15, 0.2) is 0 Å². The first-order valence-electron chi connectivity index (χ1n) is 7.50. The van der Waals surface area contributed by atoms with E-state index in [0.29, 0.717) is 39.4 Å². The molecule has 2 heterocycles. The van der Waals surface area contributed by atoms with Crippen LogP contribution in [0.4, 0.5) is 0 Å². The minimum Gasteiger partial charge on any atom is -0.378 e. The van der Waals surface area contributed by atoms with Crippen LogP contribution < -0.4 is 5.32 Å². The van der Waals surface area contributed by atoms with Crippen molar-refractivity contribution in [2.75, 3.05) is 39.4 Å². The Kier molecular flexibility index (Phi) is 5.55. The Morgan fingerprint density at radius 2 is 1.90 bits per heavy atom. The summed E-state index contributed by atoms with van der Waals surface area (Å²) in [6.45, 7) is 4.70. The van der Waals surface area contributed by atoms with Gasteiger partial charge in [-0.05, 0) is 12.8 Å². The minimum atomic E-state index is -0.340. The third kappa shape index (κ3) is 4.17. The highest BCUT2D eigenvalue weighted by Gasteiger charge is 2.36. The molecule has 2 aliphatic heterocycles. The number of hydrogen-bond acceptors (Lipinski definition) is 4. The predicted molar refractivity (Wildman–Crippen MR) is 75.4 cm³/mol. The number of rotatable bonds is 4. The molecule has 0 aromatic heterocycles. The Balaban J connectivity index is 1.88. The van der Waals surface area contributed by atoms with Gasteiger partial charge in [0, 0.05) is 39.5 Å². The third-order valence-electron chi connectivity index (χ3n) is 3.89. The normalized spacial score (nSPS) is 22.2. The van der Waals surface area contributed by atoms with E-state index >= 15 is 0 Å². The lowest BCUT2D eigenvalue weighted by atomic mass is 10.1. The average Bonchev–Trinajstić information content (AvgIpc) is 2.96. The molecule has 1 atom stereocenters. The summed E-state index contributed by atoms with van der Waals surface area (Å²) in [5.41, 5.74) is 0. The molecule has 0 radical (unpaired) electrons. The quantitative estimate of drug-likeness (QED) is 0.749. The molecule has 3 amide bonds. The van der Waals surface area contributed by atoms with Crippen LogP contribution in [-0.4, -0.2) is 73.0 Å². The van der Waals surface area contributed by atoms with Gasteiger partial charge in [-0.3, -0.25) is 14.4 Å². The molecule has 2 fully saturated rings. The fraction of sp³-hybridized carbons (Fsp3) is 0.786. The van der Waals surface area contributed by atoms with E-state index in [1.165, 1.54) is 6.92 Å². The smallest absolute Gasteiger partial charge is 0.245 e. The molecular weight excluding hydrogens is 274 g/mol. The van der Waals surface area contributed by atoms with E-state index in [9.17, 15) is 14.4 Å². The molecule has 0 aromatic rings. The molecule has 0 bridgehead atoms. The molecule has 2 saturated heterocycles. The number of likely N-dealkylation sites (tertiary alicyclic amines) is 1. The molecule has 1 N–H and O–H groups in total. The van der Waals surface area contributed by atoms with E-state index in [-0.39, 0.29) is 30.2 Å². The van der Waals surface area contributed by atoms with Crippen LogP contribution in [-0.2, 0) is 19.1 Å². The summed E-state index contributed by atoms with van der Waals surface area (Å²) in [6.07, 6.45) is 1.82. The first kappa shape index (κ1) is 15.8. The van der Waals surface area contributed by atoms with Crippen LogP contribution in [0.2, 0.25) is 0 Å². The van der Waals surface area contributed by atoms with Gasteiger partial charge in [-0.15, -0.1) is 0 Å². The van der Waals surface area contributed by atoms with Crippen molar-refractivity contribution in [3.05, 3.63) is 0 Å². The highest BCUT2D eigenvalue weighted by molar-refractivity contribution is 5.88. The SMILES string of the molecule is CC(=O)NCCC(=O)N1CCCC1C(=O)N1CCOCC1. The molecule has 2 aliphatic rings. The highest BCUT2D eigenvalue weighted by Crippen LogP contribution is 2.20. The van der Waals surface area contributed by atoms with E-state index in [1.807, 2.05) is 0 Å². The largest absolute Gasteiger partial charge is 0.378 e. The lowest BCUT2D eigenvalue weighted by molar-refractivity contribution is -0.146. The minimum absolute atomic E-state index is 0.0312. The number of carbonyl (C=O) groups is 3. The van der Waals surface area contributed by atoms with Crippen molar-refractivity contribution >= 4 is 17.7 Å². The Morgan fingerprint density at radius 3 is 2.57 bits per heavy atom. The Hall–Kier alpha value is -1.63. The zero-order chi connectivity index (χ0) is 15.2. The lowest BCUT2D eigenvalue weighted by Gasteiger charge is -2.32. The van der Waals surface area contributed by atoms with E-state index in [1.54, 1.807) is 9.80 Å². The molecule has 0 spiro atoms. The fourth-order valence-electron chi connectivity index (χ4n) is 2.81. The second kappa shape index (κ2) is 7.40. The molecule has 0 aliphatic carbocycles. The number of nitrogens with one attached hydrogen (secondary N) is 1. The van der Waals surface area contributed by atoms with E-state index in [2.05, 4.69) is 5.32 Å². The second-order valence-electron chi connectivity index (χ2n) is 5.42. The maximum Gasteiger partial charge on any atom is 0.245 e. The standard InChI is InChI=1S/C14H23N3O4/c1-11(18)15-5-4-13(19)17-6-2-3-12(17)14(20)16-7-9-21-10-8-16/h12H,2-10H2,1H3,(H,15,18). The molecule has 118 valence electrons. The number of hydrogen-bond donors (Lipinski definition) is 1. The van der Waals surface area contributed by atoms with E-state index in [4.69, 9.17) is 4.74 Å². The van der Waals surface area contributed by atoms with Crippen molar-refractivity contribution in [1.82, 2.24) is 15.1 Å². The first-order chi connectivity index (χ1) is 10.1. The van der Waals surface area contributed by atoms with Crippen LogP contribution in [0.1, 0.15) is 26.2 Å². The van der Waals surface area contributed by atoms with Gasteiger partial charge >= 0.3 is 0 Å². The molecule has 0 aromatic carbocycles. The molecule has 7 nitrogen and oxygen atoms in total. The highest BCUT2D eigenvalue weighted by atomic mass is 16.5. The second-order valence-corrected chi connectivity index (χ2v) is 5.42. The fourth-order valence-corrected chi connectivity index (χ4v) is 2.81. The van der Waals surface area contributed by atoms with Gasteiger partial charge in [-0.25, -0.2) is 0 Å². The average molecular weight is 297 g/mol. The molecule has 0 saturated carbocycles. The van der Waals surface area contributed by atoms with Crippen LogP contribution in [0, 0.1) is 0 Å². The summed E-state index contributed by atoms with van der Waals surface area (Å²) in [5, 5.41) is 2.61. The maximum atomic E-state index is 12.5. The van der Waals surface area contributed by atoms with Crippen LogP contribution in [0.5, 0.6) is 0 Å². The summed E-state index contributed by atoms with van der Waals surface area (Å²) >= 11 is 0. The van der Waals surface area contributed by atoms with Crippen molar-refractivity contribution in [3.8, 4) is 0 Å². The van der Waals surface area contributed by atoms with Gasteiger partial charge in [0.15, 0.2) is 0 Å². The Morgan fingerprint density at radius 1 is 1.19 bits per heavy atom. The van der Waals surface area contributed by atoms with Crippen LogP contribution in [0.3, 0.4) is 0 Å². The lowest BCUT2D eigenvalue weighted by Crippen LogP contribution is -2.51. The summed E-state index contributed by atoms with van der Waals surface area (Å²) in [6, 6.07) is -0.340. The summed E-state index contributed by atoms with van der Waals surface area (Å²) < 4.78 is 5.25. The van der Waals surface area contributed by atoms with E-state index in [0.717, 1.165) is 12.8 Å². The van der Waals surface area contributed by atoms with Crippen LogP contribution >= 0.6 is 0 Å². The number of carbonyl (C=O) groups excluding carboxylic acids is 3. The van der Waals surface area contributed by atoms with Gasteiger partial charge in [0.1, 0.15) is 6.04 Å². The van der Waals surface area contributed by atoms with Gasteiger partial charge in [0.05, 0.1) is 13.2 Å².